The van der Waals surface area contributed by atoms with Crippen LogP contribution in [0.3, 0.4) is 0 Å². The van der Waals surface area contributed by atoms with Gasteiger partial charge in [0, 0.05) is 36.6 Å². The molecule has 1 aromatic heterocycles. The van der Waals surface area contributed by atoms with E-state index >= 15 is 0 Å². The minimum atomic E-state index is -3.50. The first-order valence-electron chi connectivity index (χ1n) is 12.0. The number of hydrogen-bond acceptors (Lipinski definition) is 4. The van der Waals surface area contributed by atoms with Gasteiger partial charge in [0.2, 0.25) is 15.9 Å². The summed E-state index contributed by atoms with van der Waals surface area (Å²) >= 11 is 0. The Bertz CT molecular complexity index is 1380. The van der Waals surface area contributed by atoms with Crippen molar-refractivity contribution in [2.75, 3.05) is 24.5 Å². The van der Waals surface area contributed by atoms with Crippen molar-refractivity contribution in [3.63, 3.8) is 0 Å². The van der Waals surface area contributed by atoms with Crippen LogP contribution >= 0.6 is 0 Å². The maximum atomic E-state index is 13.4. The number of anilines is 1. The molecule has 0 aliphatic carbocycles. The molecule has 0 radical (unpaired) electrons. The number of amides is 1. The highest BCUT2D eigenvalue weighted by Crippen LogP contribution is 2.32. The van der Waals surface area contributed by atoms with E-state index in [1.54, 1.807) is 44.2 Å². The molecule has 5 rings (SSSR count). The maximum absolute atomic E-state index is 13.4. The fourth-order valence-corrected chi connectivity index (χ4v) is 6.65. The van der Waals surface area contributed by atoms with Gasteiger partial charge in [-0.3, -0.25) is 4.79 Å². The number of sulfonamides is 1. The lowest BCUT2D eigenvalue weighted by Gasteiger charge is -2.30. The number of benzene rings is 2. The summed E-state index contributed by atoms with van der Waals surface area (Å²) in [5, 5.41) is 4.58. The van der Waals surface area contributed by atoms with Crippen LogP contribution in [0.25, 0.3) is 5.69 Å². The Balaban J connectivity index is 1.40. The Hall–Kier alpha value is -3.04. The molecule has 35 heavy (non-hydrogen) atoms. The molecule has 1 fully saturated rings. The standard InChI is InChI=1S/C26H29FN4O3S/c1-18-24(19(2)31(28-18)22-9-7-21(27)8-10-22)17-26(32)30-15-5-6-20-16-23(11-12-25(20)30)35(33,34)29-13-3-4-14-29/h7-12,16H,3-6,13-15,17H2,1-2H3. The number of carbonyl (C=O) groups excluding carboxylic acids is 1. The van der Waals surface area contributed by atoms with E-state index in [-0.39, 0.29) is 18.1 Å². The predicted molar refractivity (Wildman–Crippen MR) is 132 cm³/mol. The molecule has 0 saturated carbocycles. The summed E-state index contributed by atoms with van der Waals surface area (Å²) in [7, 11) is -3.50. The highest BCUT2D eigenvalue weighted by atomic mass is 32.2. The minimum absolute atomic E-state index is 0.0500. The van der Waals surface area contributed by atoms with Crippen LogP contribution in [0, 0.1) is 19.7 Å². The summed E-state index contributed by atoms with van der Waals surface area (Å²) < 4.78 is 42.6. The van der Waals surface area contributed by atoms with Gasteiger partial charge in [0.15, 0.2) is 0 Å². The molecule has 0 unspecified atom stereocenters. The third kappa shape index (κ3) is 4.38. The third-order valence-electron chi connectivity index (χ3n) is 7.01. The summed E-state index contributed by atoms with van der Waals surface area (Å²) in [6.45, 7) is 5.50. The Labute approximate surface area is 205 Å². The summed E-state index contributed by atoms with van der Waals surface area (Å²) in [6, 6.07) is 11.2. The van der Waals surface area contributed by atoms with Crippen molar-refractivity contribution in [3.8, 4) is 5.69 Å². The SMILES string of the molecule is Cc1nn(-c2ccc(F)cc2)c(C)c1CC(=O)N1CCCc2cc(S(=O)(=O)N3CCCC3)ccc21. The molecule has 2 aliphatic rings. The highest BCUT2D eigenvalue weighted by Gasteiger charge is 2.30. The first kappa shape index (κ1) is 23.7. The van der Waals surface area contributed by atoms with Crippen LogP contribution in [0.2, 0.25) is 0 Å². The number of rotatable bonds is 5. The van der Waals surface area contributed by atoms with Crippen LogP contribution in [0.15, 0.2) is 47.4 Å². The molecular formula is C26H29FN4O3S. The van der Waals surface area contributed by atoms with Crippen LogP contribution < -0.4 is 4.90 Å². The summed E-state index contributed by atoms with van der Waals surface area (Å²) in [5.41, 5.74) is 4.85. The average molecular weight is 497 g/mol. The molecule has 0 spiro atoms. The van der Waals surface area contributed by atoms with Crippen LogP contribution in [0.1, 0.15) is 41.8 Å². The second-order valence-corrected chi connectivity index (χ2v) is 11.2. The number of nitrogens with zero attached hydrogens (tertiary/aromatic N) is 4. The fraction of sp³-hybridized carbons (Fsp3) is 0.385. The van der Waals surface area contributed by atoms with E-state index in [9.17, 15) is 17.6 Å². The molecule has 0 bridgehead atoms. The second-order valence-electron chi connectivity index (χ2n) is 9.27. The quantitative estimate of drug-likeness (QED) is 0.536. The Kier molecular flexibility index (Phi) is 6.23. The smallest absolute Gasteiger partial charge is 0.243 e. The lowest BCUT2D eigenvalue weighted by Crippen LogP contribution is -2.37. The second kappa shape index (κ2) is 9.20. The molecule has 9 heteroatoms. The van der Waals surface area contributed by atoms with Crippen molar-refractivity contribution < 1.29 is 17.6 Å². The molecular weight excluding hydrogens is 467 g/mol. The van der Waals surface area contributed by atoms with Crippen molar-refractivity contribution in [1.29, 1.82) is 0 Å². The number of aryl methyl sites for hydroxylation is 2. The lowest BCUT2D eigenvalue weighted by molar-refractivity contribution is -0.118. The van der Waals surface area contributed by atoms with Gasteiger partial charge < -0.3 is 4.90 Å². The number of halogens is 1. The Morgan fingerprint density at radius 2 is 1.71 bits per heavy atom. The van der Waals surface area contributed by atoms with Gasteiger partial charge in [0.25, 0.3) is 0 Å². The lowest BCUT2D eigenvalue weighted by atomic mass is 10.0. The molecule has 1 saturated heterocycles. The zero-order valence-corrected chi connectivity index (χ0v) is 20.8. The van der Waals surface area contributed by atoms with Crippen molar-refractivity contribution in [2.24, 2.45) is 0 Å². The molecule has 0 N–H and O–H groups in total. The normalized spacial score (nSPS) is 16.5. The van der Waals surface area contributed by atoms with Crippen molar-refractivity contribution in [1.82, 2.24) is 14.1 Å². The maximum Gasteiger partial charge on any atom is 0.243 e. The van der Waals surface area contributed by atoms with Gasteiger partial charge in [0.1, 0.15) is 5.82 Å². The highest BCUT2D eigenvalue weighted by molar-refractivity contribution is 7.89. The fourth-order valence-electron chi connectivity index (χ4n) is 5.08. The molecule has 2 aromatic carbocycles. The number of hydrogen-bond donors (Lipinski definition) is 0. The summed E-state index contributed by atoms with van der Waals surface area (Å²) in [6.07, 6.45) is 3.49. The zero-order chi connectivity index (χ0) is 24.7. The van der Waals surface area contributed by atoms with Crippen LogP contribution in [0.4, 0.5) is 10.1 Å². The van der Waals surface area contributed by atoms with Crippen molar-refractivity contribution in [3.05, 3.63) is 70.8 Å². The van der Waals surface area contributed by atoms with Gasteiger partial charge in [-0.05, 0) is 87.6 Å². The van der Waals surface area contributed by atoms with Gasteiger partial charge in [-0.1, -0.05) is 0 Å². The average Bonchev–Trinajstić information content (AvgIpc) is 3.49. The molecule has 3 heterocycles. The molecule has 7 nitrogen and oxygen atoms in total. The summed E-state index contributed by atoms with van der Waals surface area (Å²) in [5.74, 6) is -0.364. The van der Waals surface area contributed by atoms with E-state index in [0.29, 0.717) is 24.5 Å². The van der Waals surface area contributed by atoms with Gasteiger partial charge in [-0.25, -0.2) is 17.5 Å². The first-order chi connectivity index (χ1) is 16.8. The van der Waals surface area contributed by atoms with Gasteiger partial charge in [0.05, 0.1) is 22.7 Å². The van der Waals surface area contributed by atoms with Gasteiger partial charge in [-0.15, -0.1) is 0 Å². The number of carbonyl (C=O) groups is 1. The first-order valence-corrected chi connectivity index (χ1v) is 13.4. The topological polar surface area (TPSA) is 75.5 Å². The molecule has 3 aromatic rings. The van der Waals surface area contributed by atoms with E-state index in [1.165, 1.54) is 12.1 Å². The monoisotopic (exact) mass is 496 g/mol. The molecule has 0 atom stereocenters. The van der Waals surface area contributed by atoms with Gasteiger partial charge >= 0.3 is 0 Å². The van der Waals surface area contributed by atoms with Crippen LogP contribution in [0.5, 0.6) is 0 Å². The van der Waals surface area contributed by atoms with E-state index < -0.39 is 10.0 Å². The Morgan fingerprint density at radius 1 is 1.00 bits per heavy atom. The van der Waals surface area contributed by atoms with Gasteiger partial charge in [-0.2, -0.15) is 9.40 Å². The third-order valence-corrected chi connectivity index (χ3v) is 8.91. The number of aromatic nitrogens is 2. The molecule has 2 aliphatic heterocycles. The van der Waals surface area contributed by atoms with E-state index in [1.807, 2.05) is 13.8 Å². The van der Waals surface area contributed by atoms with Crippen molar-refractivity contribution >= 4 is 21.6 Å². The van der Waals surface area contributed by atoms with Crippen LogP contribution in [-0.4, -0.2) is 48.0 Å². The largest absolute Gasteiger partial charge is 0.312 e. The van der Waals surface area contributed by atoms with E-state index in [2.05, 4.69) is 5.10 Å². The van der Waals surface area contributed by atoms with Crippen molar-refractivity contribution in [2.45, 2.75) is 50.8 Å². The molecule has 184 valence electrons. The minimum Gasteiger partial charge on any atom is -0.312 e. The molecule has 1 amide bonds. The predicted octanol–water partition coefficient (Wildman–Crippen LogP) is 3.93. The Morgan fingerprint density at radius 3 is 2.43 bits per heavy atom. The van der Waals surface area contributed by atoms with E-state index in [4.69, 9.17) is 0 Å². The number of fused-ring (bicyclic) bond motifs is 1. The summed E-state index contributed by atoms with van der Waals surface area (Å²) in [4.78, 5) is 15.5. The van der Waals surface area contributed by atoms with Crippen LogP contribution in [-0.2, 0) is 27.7 Å². The zero-order valence-electron chi connectivity index (χ0n) is 20.0. The van der Waals surface area contributed by atoms with E-state index in [0.717, 1.165) is 59.6 Å².